The molecule has 0 bridgehead atoms. The number of carboxylic acid groups (broad SMARTS) is 1. The van der Waals surface area contributed by atoms with Crippen LogP contribution in [-0.2, 0) is 11.2 Å². The minimum absolute atomic E-state index is 0.265. The molecule has 2 N–H and O–H groups in total. The van der Waals surface area contributed by atoms with Crippen molar-refractivity contribution in [1.82, 2.24) is 15.5 Å². The van der Waals surface area contributed by atoms with E-state index in [2.05, 4.69) is 15.5 Å². The Labute approximate surface area is 100 Å². The second-order valence-corrected chi connectivity index (χ2v) is 3.94. The Kier molecular flexibility index (Phi) is 6.24. The second-order valence-electron chi connectivity index (χ2n) is 3.94. The molecular weight excluding hydrogens is 222 g/mol. The Balaban J connectivity index is 1.89. The van der Waals surface area contributed by atoms with Gasteiger partial charge in [-0.15, -0.1) is 0 Å². The first kappa shape index (κ1) is 13.6. The van der Waals surface area contributed by atoms with Gasteiger partial charge in [0.1, 0.15) is 0 Å². The molecule has 17 heavy (non-hydrogen) atoms. The number of nitrogens with zero attached hydrogens (tertiary/aromatic N) is 2. The smallest absolute Gasteiger partial charge is 0.303 e. The summed E-state index contributed by atoms with van der Waals surface area (Å²) in [6.45, 7) is 3.50. The standard InChI is InChI=1S/C11H19N3O3/c1-9-13-10(17-14-9)6-8-12-7-4-2-3-5-11(15)16/h12H,2-8H2,1H3,(H,15,16). The lowest BCUT2D eigenvalue weighted by Crippen LogP contribution is -2.18. The van der Waals surface area contributed by atoms with E-state index in [1.165, 1.54) is 0 Å². The number of aryl methyl sites for hydroxylation is 1. The van der Waals surface area contributed by atoms with Gasteiger partial charge >= 0.3 is 5.97 Å². The summed E-state index contributed by atoms with van der Waals surface area (Å²) in [7, 11) is 0. The zero-order chi connectivity index (χ0) is 12.5. The maximum atomic E-state index is 10.3. The van der Waals surface area contributed by atoms with Gasteiger partial charge in [-0.3, -0.25) is 4.79 Å². The summed E-state index contributed by atoms with van der Waals surface area (Å²) in [5.74, 6) is 0.597. The van der Waals surface area contributed by atoms with Crippen molar-refractivity contribution in [2.75, 3.05) is 13.1 Å². The fourth-order valence-corrected chi connectivity index (χ4v) is 1.46. The van der Waals surface area contributed by atoms with Gasteiger partial charge in [-0.1, -0.05) is 11.6 Å². The van der Waals surface area contributed by atoms with Crippen molar-refractivity contribution in [3.8, 4) is 0 Å². The number of hydrogen-bond acceptors (Lipinski definition) is 5. The van der Waals surface area contributed by atoms with Gasteiger partial charge in [0.05, 0.1) is 0 Å². The summed E-state index contributed by atoms with van der Waals surface area (Å²) in [5, 5.41) is 15.4. The van der Waals surface area contributed by atoms with E-state index in [-0.39, 0.29) is 6.42 Å². The molecule has 0 aliphatic carbocycles. The number of rotatable bonds is 9. The fraction of sp³-hybridized carbons (Fsp3) is 0.727. The highest BCUT2D eigenvalue weighted by Crippen LogP contribution is 1.99. The molecule has 0 atom stereocenters. The first-order valence-corrected chi connectivity index (χ1v) is 5.90. The first-order valence-electron chi connectivity index (χ1n) is 5.90. The van der Waals surface area contributed by atoms with Crippen LogP contribution in [0.4, 0.5) is 0 Å². The van der Waals surface area contributed by atoms with Crippen molar-refractivity contribution in [3.05, 3.63) is 11.7 Å². The molecule has 0 aliphatic heterocycles. The molecule has 0 aliphatic rings. The largest absolute Gasteiger partial charge is 0.481 e. The highest BCUT2D eigenvalue weighted by atomic mass is 16.5. The van der Waals surface area contributed by atoms with Gasteiger partial charge < -0.3 is 14.9 Å². The van der Waals surface area contributed by atoms with Crippen LogP contribution in [0, 0.1) is 6.92 Å². The zero-order valence-corrected chi connectivity index (χ0v) is 10.1. The van der Waals surface area contributed by atoms with Crippen molar-refractivity contribution in [1.29, 1.82) is 0 Å². The molecule has 1 aromatic heterocycles. The molecule has 0 radical (unpaired) electrons. The maximum absolute atomic E-state index is 10.3. The van der Waals surface area contributed by atoms with Crippen LogP contribution in [0.15, 0.2) is 4.52 Å². The Hall–Kier alpha value is -1.43. The van der Waals surface area contributed by atoms with Crippen LogP contribution in [0.1, 0.15) is 37.4 Å². The molecule has 6 heteroatoms. The number of nitrogens with one attached hydrogen (secondary N) is 1. The van der Waals surface area contributed by atoms with Crippen LogP contribution in [0.3, 0.4) is 0 Å². The van der Waals surface area contributed by atoms with Gasteiger partial charge in [0.25, 0.3) is 0 Å². The van der Waals surface area contributed by atoms with Crippen molar-refractivity contribution in [2.45, 2.75) is 39.0 Å². The van der Waals surface area contributed by atoms with Crippen LogP contribution in [0.5, 0.6) is 0 Å². The molecule has 0 aromatic carbocycles. The van der Waals surface area contributed by atoms with Gasteiger partial charge in [0.2, 0.25) is 5.89 Å². The van der Waals surface area contributed by atoms with Gasteiger partial charge in [0.15, 0.2) is 5.82 Å². The van der Waals surface area contributed by atoms with Crippen molar-refractivity contribution < 1.29 is 14.4 Å². The van der Waals surface area contributed by atoms with E-state index in [4.69, 9.17) is 9.63 Å². The summed E-state index contributed by atoms with van der Waals surface area (Å²) in [5.41, 5.74) is 0. The molecule has 1 aromatic rings. The highest BCUT2D eigenvalue weighted by molar-refractivity contribution is 5.66. The third-order valence-corrected chi connectivity index (χ3v) is 2.33. The lowest BCUT2D eigenvalue weighted by atomic mass is 10.2. The molecule has 6 nitrogen and oxygen atoms in total. The molecule has 0 amide bonds. The molecule has 0 fully saturated rings. The second kappa shape index (κ2) is 7.78. The van der Waals surface area contributed by atoms with Crippen LogP contribution in [0.25, 0.3) is 0 Å². The van der Waals surface area contributed by atoms with E-state index in [1.807, 2.05) is 0 Å². The van der Waals surface area contributed by atoms with Crippen LogP contribution in [-0.4, -0.2) is 34.3 Å². The first-order chi connectivity index (χ1) is 8.18. The number of carbonyl (C=O) groups is 1. The van der Waals surface area contributed by atoms with Crippen molar-refractivity contribution in [3.63, 3.8) is 0 Å². The molecule has 0 saturated carbocycles. The predicted molar refractivity (Wildman–Crippen MR) is 61.7 cm³/mol. The van der Waals surface area contributed by atoms with Gasteiger partial charge in [-0.2, -0.15) is 4.98 Å². The van der Waals surface area contributed by atoms with Crippen LogP contribution < -0.4 is 5.32 Å². The normalized spacial score (nSPS) is 10.6. The van der Waals surface area contributed by atoms with E-state index < -0.39 is 5.97 Å². The van der Waals surface area contributed by atoms with Gasteiger partial charge in [-0.05, 0) is 26.3 Å². The Morgan fingerprint density at radius 2 is 2.18 bits per heavy atom. The van der Waals surface area contributed by atoms with Crippen molar-refractivity contribution in [2.24, 2.45) is 0 Å². The summed E-state index contributed by atoms with van der Waals surface area (Å²) in [6.07, 6.45) is 3.69. The van der Waals surface area contributed by atoms with E-state index in [9.17, 15) is 4.79 Å². The average molecular weight is 241 g/mol. The van der Waals surface area contributed by atoms with Crippen LogP contribution in [0.2, 0.25) is 0 Å². The topological polar surface area (TPSA) is 88.2 Å². The van der Waals surface area contributed by atoms with Crippen molar-refractivity contribution >= 4 is 5.97 Å². The maximum Gasteiger partial charge on any atom is 0.303 e. The SMILES string of the molecule is Cc1noc(CCNCCCCCC(=O)O)n1. The third-order valence-electron chi connectivity index (χ3n) is 2.33. The average Bonchev–Trinajstić information content (AvgIpc) is 2.68. The van der Waals surface area contributed by atoms with E-state index in [0.717, 1.165) is 38.8 Å². The van der Waals surface area contributed by atoms with E-state index in [0.29, 0.717) is 11.7 Å². The van der Waals surface area contributed by atoms with Gasteiger partial charge in [0, 0.05) is 19.4 Å². The highest BCUT2D eigenvalue weighted by Gasteiger charge is 2.01. The zero-order valence-electron chi connectivity index (χ0n) is 10.1. The monoisotopic (exact) mass is 241 g/mol. The summed E-state index contributed by atoms with van der Waals surface area (Å²) < 4.78 is 4.97. The Morgan fingerprint density at radius 3 is 2.82 bits per heavy atom. The summed E-state index contributed by atoms with van der Waals surface area (Å²) in [4.78, 5) is 14.3. The molecule has 0 saturated heterocycles. The van der Waals surface area contributed by atoms with E-state index in [1.54, 1.807) is 6.92 Å². The Morgan fingerprint density at radius 1 is 1.35 bits per heavy atom. The quantitative estimate of drug-likeness (QED) is 0.631. The minimum atomic E-state index is -0.718. The number of carboxylic acids is 1. The molecule has 1 rings (SSSR count). The molecule has 1 heterocycles. The lowest BCUT2D eigenvalue weighted by Gasteiger charge is -2.01. The molecule has 96 valence electrons. The number of hydrogen-bond donors (Lipinski definition) is 2. The number of aromatic nitrogens is 2. The minimum Gasteiger partial charge on any atom is -0.481 e. The molecule has 0 unspecified atom stereocenters. The van der Waals surface area contributed by atoms with Gasteiger partial charge in [-0.25, -0.2) is 0 Å². The van der Waals surface area contributed by atoms with E-state index >= 15 is 0 Å². The van der Waals surface area contributed by atoms with Crippen LogP contribution >= 0.6 is 0 Å². The fourth-order valence-electron chi connectivity index (χ4n) is 1.46. The molecule has 0 spiro atoms. The summed E-state index contributed by atoms with van der Waals surface area (Å²) in [6, 6.07) is 0. The number of unbranched alkanes of at least 4 members (excludes halogenated alkanes) is 2. The lowest BCUT2D eigenvalue weighted by molar-refractivity contribution is -0.137. The molecular formula is C11H19N3O3. The third kappa shape index (κ3) is 6.68. The Bertz CT molecular complexity index is 338. The predicted octanol–water partition coefficient (Wildman–Crippen LogP) is 1.16. The number of aliphatic carboxylic acids is 1. The summed E-state index contributed by atoms with van der Waals surface area (Å²) >= 11 is 0.